The van der Waals surface area contributed by atoms with E-state index in [1.807, 2.05) is 0 Å². The molecule has 0 aliphatic heterocycles. The summed E-state index contributed by atoms with van der Waals surface area (Å²) in [7, 11) is 1.23. The quantitative estimate of drug-likeness (QED) is 0.792. The molecule has 1 aromatic rings. The van der Waals surface area contributed by atoms with E-state index in [-0.39, 0.29) is 12.2 Å². The molecule has 0 radical (unpaired) electrons. The lowest BCUT2D eigenvalue weighted by molar-refractivity contribution is -0.144. The highest BCUT2D eigenvalue weighted by Crippen LogP contribution is 2.26. The van der Waals surface area contributed by atoms with Gasteiger partial charge in [-0.3, -0.25) is 9.59 Å². The smallest absolute Gasteiger partial charge is 0.308 e. The van der Waals surface area contributed by atoms with E-state index in [1.165, 1.54) is 7.11 Å². The van der Waals surface area contributed by atoms with Crippen molar-refractivity contribution in [1.82, 2.24) is 0 Å². The molecule has 0 spiro atoms. The van der Waals surface area contributed by atoms with Crippen LogP contribution in [0.4, 0.5) is 0 Å². The molecule has 2 N–H and O–H groups in total. The molecule has 0 heterocycles. The van der Waals surface area contributed by atoms with Crippen molar-refractivity contribution in [2.24, 2.45) is 0 Å². The highest BCUT2D eigenvalue weighted by molar-refractivity contribution is 5.83. The van der Waals surface area contributed by atoms with E-state index in [0.717, 1.165) is 11.1 Å². The predicted molar refractivity (Wildman–Crippen MR) is 71.1 cm³/mol. The average Bonchev–Trinajstić information content (AvgIpc) is 2.45. The van der Waals surface area contributed by atoms with Crippen molar-refractivity contribution >= 4 is 11.8 Å². The molecule has 2 atom stereocenters. The van der Waals surface area contributed by atoms with Crippen LogP contribution in [-0.2, 0) is 27.2 Å². The lowest BCUT2D eigenvalue weighted by Gasteiger charge is -2.21. The van der Waals surface area contributed by atoms with Gasteiger partial charge >= 0.3 is 5.97 Å². The fourth-order valence-electron chi connectivity index (χ4n) is 2.40. The first-order valence-electron chi connectivity index (χ1n) is 6.57. The molecule has 0 fully saturated rings. The summed E-state index contributed by atoms with van der Waals surface area (Å²) in [6.07, 6.45) is -1.01. The van der Waals surface area contributed by atoms with Gasteiger partial charge in [0.15, 0.2) is 0 Å². The third kappa shape index (κ3) is 3.23. The van der Waals surface area contributed by atoms with Gasteiger partial charge in [0, 0.05) is 12.8 Å². The Morgan fingerprint density at radius 2 is 2.05 bits per heavy atom. The van der Waals surface area contributed by atoms with E-state index in [9.17, 15) is 19.8 Å². The molecule has 20 heavy (non-hydrogen) atoms. The number of carbonyl (C=O) groups is 2. The summed E-state index contributed by atoms with van der Waals surface area (Å²) >= 11 is 0. The summed E-state index contributed by atoms with van der Waals surface area (Å²) in [5.74, 6) is -0.350. The number of rotatable bonds is 4. The van der Waals surface area contributed by atoms with E-state index < -0.39 is 18.2 Å². The summed E-state index contributed by atoms with van der Waals surface area (Å²) in [6, 6.07) is 5.28. The van der Waals surface area contributed by atoms with Crippen LogP contribution in [0.15, 0.2) is 18.2 Å². The number of ketones is 1. The van der Waals surface area contributed by atoms with Crippen molar-refractivity contribution in [2.75, 3.05) is 7.11 Å². The summed E-state index contributed by atoms with van der Waals surface area (Å²) in [5.41, 5.74) is 2.54. The molecule has 1 aliphatic carbocycles. The van der Waals surface area contributed by atoms with Gasteiger partial charge in [-0.1, -0.05) is 18.2 Å². The van der Waals surface area contributed by atoms with Crippen LogP contribution in [0.2, 0.25) is 0 Å². The average molecular weight is 278 g/mol. The topological polar surface area (TPSA) is 83.8 Å². The van der Waals surface area contributed by atoms with Crippen LogP contribution < -0.4 is 0 Å². The first-order chi connectivity index (χ1) is 9.51. The Morgan fingerprint density at radius 3 is 2.75 bits per heavy atom. The lowest BCUT2D eigenvalue weighted by Crippen LogP contribution is -2.23. The fraction of sp³-hybridized carbons (Fsp3) is 0.467. The van der Waals surface area contributed by atoms with E-state index in [0.29, 0.717) is 24.8 Å². The highest BCUT2D eigenvalue weighted by Gasteiger charge is 2.23. The number of hydrogen-bond acceptors (Lipinski definition) is 5. The van der Waals surface area contributed by atoms with Crippen LogP contribution in [0.5, 0.6) is 0 Å². The highest BCUT2D eigenvalue weighted by atomic mass is 16.5. The van der Waals surface area contributed by atoms with Gasteiger partial charge in [-0.15, -0.1) is 0 Å². The minimum absolute atomic E-state index is 0.219. The number of hydrogen-bond donors (Lipinski definition) is 2. The summed E-state index contributed by atoms with van der Waals surface area (Å²) in [5, 5.41) is 19.9. The van der Waals surface area contributed by atoms with Crippen molar-refractivity contribution < 1.29 is 24.5 Å². The van der Waals surface area contributed by atoms with E-state index in [2.05, 4.69) is 4.74 Å². The molecular weight excluding hydrogens is 260 g/mol. The standard InChI is InChI=1S/C15H18O5/c1-20-14(18)8-13(17)15(19)11-3-2-10-7-12(16)5-4-9(10)6-11/h2-3,6,13,15,17,19H,4-5,7-8H2,1H3. The zero-order valence-electron chi connectivity index (χ0n) is 11.3. The predicted octanol–water partition coefficient (Wildman–Crippen LogP) is 0.702. The maximum atomic E-state index is 11.4. The van der Waals surface area contributed by atoms with Gasteiger partial charge < -0.3 is 14.9 Å². The summed E-state index contributed by atoms with van der Waals surface area (Å²) in [4.78, 5) is 22.5. The third-order valence-corrected chi connectivity index (χ3v) is 3.60. The second-order valence-electron chi connectivity index (χ2n) is 5.04. The second kappa shape index (κ2) is 6.15. The lowest BCUT2D eigenvalue weighted by atomic mass is 9.88. The molecule has 0 saturated heterocycles. The molecular formula is C15H18O5. The molecule has 2 rings (SSSR count). The summed E-state index contributed by atoms with van der Waals surface area (Å²) in [6.45, 7) is 0. The molecule has 2 unspecified atom stereocenters. The van der Waals surface area contributed by atoms with Crippen molar-refractivity contribution in [3.63, 3.8) is 0 Å². The van der Waals surface area contributed by atoms with Crippen molar-refractivity contribution in [1.29, 1.82) is 0 Å². The monoisotopic (exact) mass is 278 g/mol. The van der Waals surface area contributed by atoms with Gasteiger partial charge in [-0.25, -0.2) is 0 Å². The van der Waals surface area contributed by atoms with E-state index >= 15 is 0 Å². The Balaban J connectivity index is 2.13. The van der Waals surface area contributed by atoms with Crippen LogP contribution in [0.25, 0.3) is 0 Å². The molecule has 1 aliphatic rings. The molecule has 0 amide bonds. The number of benzene rings is 1. The Kier molecular flexibility index (Phi) is 4.52. The normalized spacial score (nSPS) is 17.2. The molecule has 108 valence electrons. The largest absolute Gasteiger partial charge is 0.469 e. The zero-order valence-corrected chi connectivity index (χ0v) is 11.3. The van der Waals surface area contributed by atoms with Crippen molar-refractivity contribution in [3.05, 3.63) is 34.9 Å². The first-order valence-corrected chi connectivity index (χ1v) is 6.57. The molecule has 0 aromatic heterocycles. The zero-order chi connectivity index (χ0) is 14.7. The van der Waals surface area contributed by atoms with Gasteiger partial charge in [-0.2, -0.15) is 0 Å². The number of fused-ring (bicyclic) bond motifs is 1. The number of aryl methyl sites for hydroxylation is 1. The van der Waals surface area contributed by atoms with E-state index in [4.69, 9.17) is 0 Å². The fourth-order valence-corrected chi connectivity index (χ4v) is 2.40. The van der Waals surface area contributed by atoms with Crippen molar-refractivity contribution in [2.45, 2.75) is 37.9 Å². The molecule has 5 heteroatoms. The van der Waals surface area contributed by atoms with Crippen LogP contribution in [0, 0.1) is 0 Å². The maximum absolute atomic E-state index is 11.4. The Labute approximate surface area is 117 Å². The Bertz CT molecular complexity index is 523. The maximum Gasteiger partial charge on any atom is 0.308 e. The Morgan fingerprint density at radius 1 is 1.30 bits per heavy atom. The summed E-state index contributed by atoms with van der Waals surface area (Å²) < 4.78 is 4.46. The van der Waals surface area contributed by atoms with E-state index in [1.54, 1.807) is 18.2 Å². The van der Waals surface area contributed by atoms with Crippen LogP contribution in [-0.4, -0.2) is 35.2 Å². The number of carbonyl (C=O) groups excluding carboxylic acids is 2. The first kappa shape index (κ1) is 14.7. The number of aliphatic hydroxyl groups is 2. The Hall–Kier alpha value is -1.72. The van der Waals surface area contributed by atoms with Gasteiger partial charge in [0.1, 0.15) is 11.9 Å². The SMILES string of the molecule is COC(=O)CC(O)C(O)c1ccc2c(c1)CCC(=O)C2. The van der Waals surface area contributed by atoms with Gasteiger partial charge in [0.2, 0.25) is 0 Å². The van der Waals surface area contributed by atoms with Gasteiger partial charge in [0.05, 0.1) is 19.6 Å². The third-order valence-electron chi connectivity index (χ3n) is 3.60. The molecule has 0 saturated carbocycles. The van der Waals surface area contributed by atoms with Crippen LogP contribution >= 0.6 is 0 Å². The van der Waals surface area contributed by atoms with Gasteiger partial charge in [0.25, 0.3) is 0 Å². The number of aliphatic hydroxyl groups excluding tert-OH is 2. The minimum Gasteiger partial charge on any atom is -0.469 e. The van der Waals surface area contributed by atoms with Crippen molar-refractivity contribution in [3.8, 4) is 0 Å². The molecule has 5 nitrogen and oxygen atoms in total. The number of Topliss-reactive ketones (excluding diaryl/α,β-unsaturated/α-hetero) is 1. The number of methoxy groups -OCH3 is 1. The molecule has 0 bridgehead atoms. The van der Waals surface area contributed by atoms with Crippen LogP contribution in [0.1, 0.15) is 35.6 Å². The second-order valence-corrected chi connectivity index (χ2v) is 5.04. The minimum atomic E-state index is -1.20. The van der Waals surface area contributed by atoms with Gasteiger partial charge in [-0.05, 0) is 23.1 Å². The number of esters is 1. The molecule has 1 aromatic carbocycles. The van der Waals surface area contributed by atoms with Crippen LogP contribution in [0.3, 0.4) is 0 Å². The number of ether oxygens (including phenoxy) is 1.